The highest BCUT2D eigenvalue weighted by Gasteiger charge is 2.30. The number of carbonyl (C=O) groups excluding carboxylic acids is 2. The van der Waals surface area contributed by atoms with Gasteiger partial charge >= 0.3 is 6.18 Å². The molecule has 0 spiro atoms. The molecule has 0 fully saturated rings. The van der Waals surface area contributed by atoms with Gasteiger partial charge in [-0.05, 0) is 35.9 Å². The van der Waals surface area contributed by atoms with Crippen LogP contribution in [-0.4, -0.2) is 21.7 Å². The zero-order valence-corrected chi connectivity index (χ0v) is 15.9. The highest BCUT2D eigenvalue weighted by molar-refractivity contribution is 6.17. The van der Waals surface area contributed by atoms with Crippen molar-refractivity contribution in [1.29, 1.82) is 0 Å². The molecule has 162 valence electrons. The smallest absolute Gasteiger partial charge is 0.366 e. The van der Waals surface area contributed by atoms with Gasteiger partial charge in [-0.1, -0.05) is 12.1 Å². The number of carbonyl (C=O) groups is 2. The standard InChI is InChI=1S/C22H12F5N3O2/c23-16-6-5-13(20(28)32)18(24)17(16)19(31)15-9-30-21-14(15)7-11(8-29-21)10-1-3-12(4-2-10)22(25,26)27/h1-9H,(H2,28,32)(H,29,30). The number of nitrogens with one attached hydrogen (secondary N) is 1. The summed E-state index contributed by atoms with van der Waals surface area (Å²) >= 11 is 0. The van der Waals surface area contributed by atoms with E-state index in [4.69, 9.17) is 5.73 Å². The zero-order chi connectivity index (χ0) is 23.2. The van der Waals surface area contributed by atoms with E-state index in [0.29, 0.717) is 11.1 Å². The number of aromatic amines is 1. The van der Waals surface area contributed by atoms with E-state index in [9.17, 15) is 31.5 Å². The van der Waals surface area contributed by atoms with Crippen LogP contribution in [0.3, 0.4) is 0 Å². The second-order valence-corrected chi connectivity index (χ2v) is 6.87. The molecule has 10 heteroatoms. The van der Waals surface area contributed by atoms with Crippen molar-refractivity contribution in [3.63, 3.8) is 0 Å². The highest BCUT2D eigenvalue weighted by atomic mass is 19.4. The maximum absolute atomic E-state index is 14.6. The average Bonchev–Trinajstić information content (AvgIpc) is 3.16. The van der Waals surface area contributed by atoms with Crippen LogP contribution in [0.1, 0.15) is 31.8 Å². The van der Waals surface area contributed by atoms with Crippen LogP contribution in [0.15, 0.2) is 54.9 Å². The number of primary amides is 1. The fourth-order valence-corrected chi connectivity index (χ4v) is 3.29. The molecule has 0 saturated carbocycles. The quantitative estimate of drug-likeness (QED) is 0.348. The van der Waals surface area contributed by atoms with Gasteiger partial charge in [-0.2, -0.15) is 13.2 Å². The number of rotatable bonds is 4. The molecule has 3 N–H and O–H groups in total. The van der Waals surface area contributed by atoms with Crippen molar-refractivity contribution in [2.45, 2.75) is 6.18 Å². The minimum absolute atomic E-state index is 0.138. The van der Waals surface area contributed by atoms with Gasteiger partial charge in [-0.25, -0.2) is 13.8 Å². The Balaban J connectivity index is 1.80. The van der Waals surface area contributed by atoms with Gasteiger partial charge in [0.1, 0.15) is 17.3 Å². The number of fused-ring (bicyclic) bond motifs is 1. The van der Waals surface area contributed by atoms with Gasteiger partial charge in [-0.3, -0.25) is 9.59 Å². The number of hydrogen-bond acceptors (Lipinski definition) is 3. The number of alkyl halides is 3. The fraction of sp³-hybridized carbons (Fsp3) is 0.0455. The molecule has 4 rings (SSSR count). The van der Waals surface area contributed by atoms with Crippen LogP contribution in [0, 0.1) is 11.6 Å². The van der Waals surface area contributed by atoms with Gasteiger partial charge < -0.3 is 10.7 Å². The molecule has 0 aliphatic heterocycles. The van der Waals surface area contributed by atoms with Crippen LogP contribution < -0.4 is 5.73 Å². The van der Waals surface area contributed by atoms with Crippen molar-refractivity contribution >= 4 is 22.7 Å². The summed E-state index contributed by atoms with van der Waals surface area (Å²) in [5.74, 6) is -4.79. The maximum atomic E-state index is 14.6. The number of H-pyrrole nitrogens is 1. The zero-order valence-electron chi connectivity index (χ0n) is 15.9. The van der Waals surface area contributed by atoms with Crippen LogP contribution in [0.5, 0.6) is 0 Å². The molecule has 32 heavy (non-hydrogen) atoms. The Kier molecular flexibility index (Phi) is 5.00. The Labute approximate surface area is 176 Å². The first-order valence-corrected chi connectivity index (χ1v) is 9.05. The summed E-state index contributed by atoms with van der Waals surface area (Å²) in [6, 6.07) is 7.36. The van der Waals surface area contributed by atoms with Gasteiger partial charge in [0.2, 0.25) is 5.78 Å². The average molecular weight is 445 g/mol. The van der Waals surface area contributed by atoms with Crippen molar-refractivity contribution < 1.29 is 31.5 Å². The Bertz CT molecular complexity index is 1380. The number of hydrogen-bond donors (Lipinski definition) is 2. The van der Waals surface area contributed by atoms with E-state index in [0.717, 1.165) is 24.3 Å². The Morgan fingerprint density at radius 2 is 1.62 bits per heavy atom. The summed E-state index contributed by atoms with van der Waals surface area (Å²) in [7, 11) is 0. The molecule has 0 unspecified atom stereocenters. The van der Waals surface area contributed by atoms with E-state index in [2.05, 4.69) is 9.97 Å². The highest BCUT2D eigenvalue weighted by Crippen LogP contribution is 2.32. The summed E-state index contributed by atoms with van der Waals surface area (Å²) in [6.07, 6.45) is -1.91. The fourth-order valence-electron chi connectivity index (χ4n) is 3.29. The first-order valence-electron chi connectivity index (χ1n) is 9.05. The molecule has 0 saturated heterocycles. The van der Waals surface area contributed by atoms with Crippen LogP contribution in [0.4, 0.5) is 22.0 Å². The van der Waals surface area contributed by atoms with Crippen LogP contribution in [0.25, 0.3) is 22.2 Å². The molecule has 0 aliphatic rings. The minimum atomic E-state index is -4.49. The third kappa shape index (κ3) is 3.59. The van der Waals surface area contributed by atoms with Gasteiger partial charge in [-0.15, -0.1) is 0 Å². The molecule has 1 amide bonds. The lowest BCUT2D eigenvalue weighted by molar-refractivity contribution is -0.137. The number of aromatic nitrogens is 2. The number of nitrogens with zero attached hydrogens (tertiary/aromatic N) is 1. The number of pyridine rings is 1. The monoisotopic (exact) mass is 445 g/mol. The molecule has 0 bridgehead atoms. The third-order valence-electron chi connectivity index (χ3n) is 4.90. The summed E-state index contributed by atoms with van der Waals surface area (Å²) < 4.78 is 67.3. The number of nitrogens with two attached hydrogens (primary N) is 1. The Morgan fingerprint density at radius 3 is 2.25 bits per heavy atom. The number of benzene rings is 2. The molecule has 0 atom stereocenters. The topological polar surface area (TPSA) is 88.8 Å². The molecule has 0 radical (unpaired) electrons. The van der Waals surface area contributed by atoms with E-state index >= 15 is 0 Å². The first-order chi connectivity index (χ1) is 15.1. The van der Waals surface area contributed by atoms with Gasteiger partial charge in [0.05, 0.1) is 16.7 Å². The van der Waals surface area contributed by atoms with Gasteiger partial charge in [0.15, 0.2) is 0 Å². The molecular formula is C22H12F5N3O2. The predicted octanol–water partition coefficient (Wildman–Crippen LogP) is 4.86. The summed E-state index contributed by atoms with van der Waals surface area (Å²) in [5, 5.41) is 0.190. The normalized spacial score (nSPS) is 11.7. The molecular weight excluding hydrogens is 433 g/mol. The van der Waals surface area contributed by atoms with E-state index in [1.54, 1.807) is 0 Å². The number of halogens is 5. The van der Waals surface area contributed by atoms with Crippen LogP contribution >= 0.6 is 0 Å². The number of amides is 1. The van der Waals surface area contributed by atoms with Crippen molar-refractivity contribution in [3.8, 4) is 11.1 Å². The largest absolute Gasteiger partial charge is 0.416 e. The second kappa shape index (κ2) is 7.56. The van der Waals surface area contributed by atoms with Crippen LogP contribution in [-0.2, 0) is 6.18 Å². The summed E-state index contributed by atoms with van der Waals surface area (Å²) in [5.41, 5.74) is 3.49. The molecule has 5 nitrogen and oxygen atoms in total. The lowest BCUT2D eigenvalue weighted by atomic mass is 9.98. The van der Waals surface area contributed by atoms with E-state index < -0.39 is 46.2 Å². The van der Waals surface area contributed by atoms with Crippen molar-refractivity contribution in [2.24, 2.45) is 5.73 Å². The van der Waals surface area contributed by atoms with E-state index in [1.165, 1.54) is 30.6 Å². The molecule has 2 aromatic carbocycles. The SMILES string of the molecule is NC(=O)c1ccc(F)c(C(=O)c2c[nH]c3ncc(-c4ccc(C(F)(F)F)cc4)cc23)c1F. The van der Waals surface area contributed by atoms with E-state index in [1.807, 2.05) is 0 Å². The van der Waals surface area contributed by atoms with Crippen LogP contribution in [0.2, 0.25) is 0 Å². The van der Waals surface area contributed by atoms with Crippen molar-refractivity contribution in [3.05, 3.63) is 88.7 Å². The number of ketones is 1. The molecule has 2 aromatic heterocycles. The first kappa shape index (κ1) is 21.2. The van der Waals surface area contributed by atoms with Crippen molar-refractivity contribution in [2.75, 3.05) is 0 Å². The second-order valence-electron chi connectivity index (χ2n) is 6.87. The maximum Gasteiger partial charge on any atom is 0.416 e. The molecule has 0 aliphatic carbocycles. The van der Waals surface area contributed by atoms with Crippen molar-refractivity contribution in [1.82, 2.24) is 9.97 Å². The summed E-state index contributed by atoms with van der Waals surface area (Å²) in [4.78, 5) is 31.1. The van der Waals surface area contributed by atoms with Gasteiger partial charge in [0, 0.05) is 28.9 Å². The molecule has 4 aromatic rings. The minimum Gasteiger partial charge on any atom is -0.366 e. The van der Waals surface area contributed by atoms with Gasteiger partial charge in [0.25, 0.3) is 5.91 Å². The predicted molar refractivity (Wildman–Crippen MR) is 105 cm³/mol. The lowest BCUT2D eigenvalue weighted by Crippen LogP contribution is -2.17. The molecule has 2 heterocycles. The summed E-state index contributed by atoms with van der Waals surface area (Å²) in [6.45, 7) is 0. The Morgan fingerprint density at radius 1 is 0.938 bits per heavy atom. The van der Waals surface area contributed by atoms with E-state index in [-0.39, 0.29) is 16.6 Å². The third-order valence-corrected chi connectivity index (χ3v) is 4.90. The lowest BCUT2D eigenvalue weighted by Gasteiger charge is -2.08. The Hall–Kier alpha value is -4.08.